The van der Waals surface area contributed by atoms with Crippen molar-refractivity contribution in [3.8, 4) is 11.4 Å². The molecular weight excluding hydrogens is 328 g/mol. The lowest BCUT2D eigenvalue weighted by Gasteiger charge is -2.21. The highest BCUT2D eigenvalue weighted by Gasteiger charge is 2.21. The van der Waals surface area contributed by atoms with Gasteiger partial charge in [0.15, 0.2) is 17.0 Å². The zero-order chi connectivity index (χ0) is 18.7. The molecule has 7 nitrogen and oxygen atoms in total. The smallest absolute Gasteiger partial charge is 0.166 e. The Morgan fingerprint density at radius 1 is 1.15 bits per heavy atom. The number of anilines is 1. The second-order valence-electron chi connectivity index (χ2n) is 6.72. The van der Waals surface area contributed by atoms with E-state index in [9.17, 15) is 0 Å². The molecule has 2 N–H and O–H groups in total. The number of benzene rings is 1. The average Bonchev–Trinajstić information content (AvgIpc) is 2.99. The molecule has 26 heavy (non-hydrogen) atoms. The van der Waals surface area contributed by atoms with Gasteiger partial charge in [-0.05, 0) is 27.9 Å². The van der Waals surface area contributed by atoms with Crippen LogP contribution in [0.3, 0.4) is 0 Å². The van der Waals surface area contributed by atoms with Gasteiger partial charge in [-0.1, -0.05) is 30.3 Å². The number of aromatic nitrogens is 4. The number of aliphatic hydroxyl groups is 1. The zero-order valence-corrected chi connectivity index (χ0v) is 15.8. The Bertz CT molecular complexity index is 875. The van der Waals surface area contributed by atoms with Crippen molar-refractivity contribution in [2.45, 2.75) is 19.9 Å². The van der Waals surface area contributed by atoms with Gasteiger partial charge in [0.2, 0.25) is 0 Å². The Hall–Kier alpha value is -2.51. The lowest BCUT2D eigenvalue weighted by atomic mass is 10.2. The Labute approximate surface area is 153 Å². The van der Waals surface area contributed by atoms with Gasteiger partial charge in [-0.15, -0.1) is 0 Å². The second-order valence-corrected chi connectivity index (χ2v) is 6.72. The van der Waals surface area contributed by atoms with Crippen LogP contribution in [0.5, 0.6) is 0 Å². The third-order valence-corrected chi connectivity index (χ3v) is 4.16. The summed E-state index contributed by atoms with van der Waals surface area (Å²) in [5, 5.41) is 12.3. The molecule has 0 aliphatic carbocycles. The van der Waals surface area contributed by atoms with Crippen molar-refractivity contribution in [3.05, 3.63) is 36.2 Å². The molecule has 1 unspecified atom stereocenters. The minimum absolute atomic E-state index is 0.0355. The zero-order valence-electron chi connectivity index (χ0n) is 15.8. The lowest BCUT2D eigenvalue weighted by molar-refractivity contribution is 0.311. The summed E-state index contributed by atoms with van der Waals surface area (Å²) in [6.07, 6.45) is 0. The Morgan fingerprint density at radius 3 is 2.54 bits per heavy atom. The van der Waals surface area contributed by atoms with Gasteiger partial charge in [0.1, 0.15) is 11.6 Å². The summed E-state index contributed by atoms with van der Waals surface area (Å²) in [6, 6.07) is 10.3. The van der Waals surface area contributed by atoms with Crippen LogP contribution in [-0.2, 0) is 0 Å². The highest BCUT2D eigenvalue weighted by Crippen LogP contribution is 2.30. The SMILES string of the molecule is Cc1nc(NCCO)c2nc(-c3ccccc3)n(C(C)CN(C)C)c2n1. The second kappa shape index (κ2) is 7.80. The van der Waals surface area contributed by atoms with E-state index in [1.54, 1.807) is 0 Å². The summed E-state index contributed by atoms with van der Waals surface area (Å²) in [5.74, 6) is 2.21. The number of fused-ring (bicyclic) bond motifs is 1. The topological polar surface area (TPSA) is 79.1 Å². The Kier molecular flexibility index (Phi) is 5.49. The van der Waals surface area contributed by atoms with Crippen molar-refractivity contribution in [3.63, 3.8) is 0 Å². The molecule has 0 aliphatic rings. The summed E-state index contributed by atoms with van der Waals surface area (Å²) in [6.45, 7) is 5.37. The van der Waals surface area contributed by atoms with Crippen LogP contribution < -0.4 is 5.32 Å². The van der Waals surface area contributed by atoms with E-state index >= 15 is 0 Å². The number of aryl methyl sites for hydroxylation is 1. The van der Waals surface area contributed by atoms with Crippen LogP contribution in [0.4, 0.5) is 5.82 Å². The van der Waals surface area contributed by atoms with Crippen molar-refractivity contribution < 1.29 is 5.11 Å². The van der Waals surface area contributed by atoms with E-state index in [1.165, 1.54) is 0 Å². The maximum absolute atomic E-state index is 9.16. The summed E-state index contributed by atoms with van der Waals surface area (Å²) >= 11 is 0. The summed E-state index contributed by atoms with van der Waals surface area (Å²) in [7, 11) is 4.12. The van der Waals surface area contributed by atoms with Crippen LogP contribution in [-0.4, -0.2) is 63.3 Å². The van der Waals surface area contributed by atoms with E-state index < -0.39 is 0 Å². The number of nitrogens with one attached hydrogen (secondary N) is 1. The molecule has 0 saturated carbocycles. The molecule has 0 spiro atoms. The predicted molar refractivity (Wildman–Crippen MR) is 104 cm³/mol. The van der Waals surface area contributed by atoms with Crippen LogP contribution in [0.2, 0.25) is 0 Å². The minimum Gasteiger partial charge on any atom is -0.395 e. The number of rotatable bonds is 7. The molecule has 3 aromatic rings. The van der Waals surface area contributed by atoms with Crippen LogP contribution in [0.15, 0.2) is 30.3 Å². The van der Waals surface area contributed by atoms with Crippen molar-refractivity contribution in [1.29, 1.82) is 0 Å². The quantitative estimate of drug-likeness (QED) is 0.678. The van der Waals surface area contributed by atoms with Crippen LogP contribution >= 0.6 is 0 Å². The molecule has 0 fully saturated rings. The van der Waals surface area contributed by atoms with Gasteiger partial charge in [0.25, 0.3) is 0 Å². The van der Waals surface area contributed by atoms with Crippen molar-refractivity contribution in [2.75, 3.05) is 39.1 Å². The summed E-state index contributed by atoms with van der Waals surface area (Å²) < 4.78 is 2.18. The normalized spacial score (nSPS) is 12.7. The number of hydrogen-bond acceptors (Lipinski definition) is 6. The van der Waals surface area contributed by atoms with E-state index in [2.05, 4.69) is 57.9 Å². The largest absolute Gasteiger partial charge is 0.395 e. The molecule has 7 heteroatoms. The Morgan fingerprint density at radius 2 is 1.88 bits per heavy atom. The van der Waals surface area contributed by atoms with E-state index in [1.807, 2.05) is 25.1 Å². The molecule has 1 atom stereocenters. The van der Waals surface area contributed by atoms with Gasteiger partial charge in [0.05, 0.1) is 6.61 Å². The average molecular weight is 354 g/mol. The number of aliphatic hydroxyl groups excluding tert-OH is 1. The first-order valence-corrected chi connectivity index (χ1v) is 8.82. The van der Waals surface area contributed by atoms with Crippen LogP contribution in [0, 0.1) is 6.92 Å². The fourth-order valence-electron chi connectivity index (χ4n) is 3.20. The van der Waals surface area contributed by atoms with Crippen LogP contribution in [0.25, 0.3) is 22.6 Å². The van der Waals surface area contributed by atoms with Gasteiger partial charge in [-0.25, -0.2) is 15.0 Å². The minimum atomic E-state index is 0.0355. The van der Waals surface area contributed by atoms with E-state index in [4.69, 9.17) is 10.1 Å². The molecule has 3 rings (SSSR count). The van der Waals surface area contributed by atoms with E-state index in [0.717, 1.165) is 29.1 Å². The Balaban J connectivity index is 2.24. The fraction of sp³-hybridized carbons (Fsp3) is 0.421. The maximum atomic E-state index is 9.16. The third-order valence-electron chi connectivity index (χ3n) is 4.16. The summed E-state index contributed by atoms with van der Waals surface area (Å²) in [5.41, 5.74) is 2.58. The third kappa shape index (κ3) is 3.68. The van der Waals surface area contributed by atoms with Gasteiger partial charge in [0, 0.05) is 24.7 Å². The maximum Gasteiger partial charge on any atom is 0.166 e. The molecule has 0 bridgehead atoms. The van der Waals surface area contributed by atoms with Gasteiger partial charge >= 0.3 is 0 Å². The monoisotopic (exact) mass is 354 g/mol. The first-order valence-electron chi connectivity index (χ1n) is 8.82. The molecule has 0 radical (unpaired) electrons. The van der Waals surface area contributed by atoms with E-state index in [-0.39, 0.29) is 12.6 Å². The first-order chi connectivity index (χ1) is 12.5. The molecule has 2 aromatic heterocycles. The molecule has 0 aliphatic heterocycles. The van der Waals surface area contributed by atoms with Crippen molar-refractivity contribution in [1.82, 2.24) is 24.4 Å². The molecule has 0 amide bonds. The highest BCUT2D eigenvalue weighted by atomic mass is 16.3. The van der Waals surface area contributed by atoms with Gasteiger partial charge < -0.3 is 19.9 Å². The number of imidazole rings is 1. The number of nitrogens with zero attached hydrogens (tertiary/aromatic N) is 5. The molecule has 0 saturated heterocycles. The fourth-order valence-corrected chi connectivity index (χ4v) is 3.20. The molecule has 138 valence electrons. The number of likely N-dealkylation sites (N-methyl/N-ethyl adjacent to an activating group) is 1. The highest BCUT2D eigenvalue weighted by molar-refractivity contribution is 5.86. The van der Waals surface area contributed by atoms with Crippen molar-refractivity contribution in [2.24, 2.45) is 0 Å². The lowest BCUT2D eigenvalue weighted by Crippen LogP contribution is -2.23. The van der Waals surface area contributed by atoms with Crippen LogP contribution in [0.1, 0.15) is 18.8 Å². The van der Waals surface area contributed by atoms with Gasteiger partial charge in [-0.2, -0.15) is 0 Å². The molecule has 1 aromatic carbocycles. The standard InChI is InChI=1S/C19H26N6O/c1-13(12-24(3)4)25-18(15-8-6-5-7-9-15)23-16-17(20-10-11-26)21-14(2)22-19(16)25/h5-9,13,26H,10-12H2,1-4H3,(H,20,21,22). The molecule has 2 heterocycles. The van der Waals surface area contributed by atoms with Gasteiger partial charge in [-0.3, -0.25) is 0 Å². The molecular formula is C19H26N6O. The van der Waals surface area contributed by atoms with E-state index in [0.29, 0.717) is 18.2 Å². The first kappa shape index (κ1) is 18.3. The predicted octanol–water partition coefficient (Wildman–Crippen LogP) is 2.33. The summed E-state index contributed by atoms with van der Waals surface area (Å²) in [4.78, 5) is 16.2. The number of hydrogen-bond donors (Lipinski definition) is 2. The van der Waals surface area contributed by atoms with Crippen molar-refractivity contribution >= 4 is 17.0 Å².